The summed E-state index contributed by atoms with van der Waals surface area (Å²) in [5, 5.41) is 2.08. The summed E-state index contributed by atoms with van der Waals surface area (Å²) < 4.78 is 67.8. The first-order valence-electron chi connectivity index (χ1n) is 14.4. The zero-order valence-corrected chi connectivity index (χ0v) is 25.7. The molecule has 2 aliphatic rings. The first kappa shape index (κ1) is 31.2. The predicted octanol–water partition coefficient (Wildman–Crippen LogP) is 5.27. The molecule has 15 heteroatoms. The topological polar surface area (TPSA) is 107 Å². The monoisotopic (exact) mass is 666 g/mol. The van der Waals surface area contributed by atoms with Gasteiger partial charge in [0.15, 0.2) is 5.82 Å². The third-order valence-corrected chi connectivity index (χ3v) is 8.95. The number of nitrogens with two attached hydrogens (primary N) is 1. The molecule has 0 unspecified atom stereocenters. The molecule has 0 amide bonds. The highest BCUT2D eigenvalue weighted by atomic mass is 35.5. The van der Waals surface area contributed by atoms with E-state index in [1.165, 1.54) is 12.4 Å². The number of halogens is 6. The minimum atomic E-state index is -5.19. The lowest BCUT2D eigenvalue weighted by Crippen LogP contribution is -2.51. The lowest BCUT2D eigenvalue weighted by Gasteiger charge is -2.37. The maximum atomic E-state index is 15.7. The largest absolute Gasteiger partial charge is 0.486 e. The van der Waals surface area contributed by atoms with Gasteiger partial charge in [0.05, 0.1) is 33.7 Å². The first-order valence-corrected chi connectivity index (χ1v) is 15.1. The van der Waals surface area contributed by atoms with Crippen molar-refractivity contribution in [3.63, 3.8) is 0 Å². The van der Waals surface area contributed by atoms with Crippen molar-refractivity contribution in [2.75, 3.05) is 36.9 Å². The highest BCUT2D eigenvalue weighted by molar-refractivity contribution is 6.37. The molecule has 1 saturated heterocycles. The van der Waals surface area contributed by atoms with Gasteiger partial charge in [-0.15, -0.1) is 0 Å². The van der Waals surface area contributed by atoms with Crippen LogP contribution in [-0.2, 0) is 19.0 Å². The molecule has 3 N–H and O–H groups in total. The van der Waals surface area contributed by atoms with Crippen LogP contribution in [0.5, 0.6) is 5.75 Å². The molecule has 0 radical (unpaired) electrons. The van der Waals surface area contributed by atoms with Gasteiger partial charge in [-0.2, -0.15) is 13.2 Å². The SMILES string of the molecule is CCc1cncc(CC)c1-n1c(=O)c2c(c3cc(C(F)(F)F)n(-c4c(N)c(Cl)cc(Cl)c4F)c(=O)c31)N1CCNC[C@@H]1CCO2. The summed E-state index contributed by atoms with van der Waals surface area (Å²) in [6.45, 7) is 5.08. The van der Waals surface area contributed by atoms with Gasteiger partial charge in [0.2, 0.25) is 5.75 Å². The molecule has 1 aromatic carbocycles. The molecule has 1 atom stereocenters. The average Bonchev–Trinajstić information content (AvgIpc) is 3.21. The number of benzene rings is 1. The maximum Gasteiger partial charge on any atom is 0.431 e. The molecule has 6 rings (SSSR count). The van der Waals surface area contributed by atoms with Crippen LogP contribution in [0.2, 0.25) is 10.0 Å². The molecule has 9 nitrogen and oxygen atoms in total. The van der Waals surface area contributed by atoms with Gasteiger partial charge in [-0.05, 0) is 36.1 Å². The first-order chi connectivity index (χ1) is 21.4. The Morgan fingerprint density at radius 3 is 2.36 bits per heavy atom. The van der Waals surface area contributed by atoms with E-state index in [0.29, 0.717) is 55.7 Å². The molecule has 0 aliphatic carbocycles. The van der Waals surface area contributed by atoms with Gasteiger partial charge in [-0.25, -0.2) is 4.39 Å². The van der Waals surface area contributed by atoms with Crippen LogP contribution in [0.3, 0.4) is 0 Å². The van der Waals surface area contributed by atoms with E-state index in [2.05, 4.69) is 10.3 Å². The number of aromatic nitrogens is 3. The number of rotatable bonds is 4. The molecule has 0 spiro atoms. The number of hydrogen-bond acceptors (Lipinski definition) is 7. The standard InChI is InChI=1S/C30H28Cl2F4N6O3/c1-3-14-11-39-12-15(4-2)23(14)42-25-17(24-27(29(42)44)45-8-5-16-13-38-6-7-40(16)24)9-20(30(34,35)36)41(28(25)43)26-21(33)18(31)10-19(32)22(26)37/h9-12,16,38H,3-8,13,37H2,1-2H3/t16-/m0/s1. The Balaban J connectivity index is 1.91. The second-order valence-electron chi connectivity index (χ2n) is 10.9. The van der Waals surface area contributed by atoms with Crippen molar-refractivity contribution in [1.82, 2.24) is 19.4 Å². The van der Waals surface area contributed by atoms with Crippen LogP contribution >= 0.6 is 23.2 Å². The summed E-state index contributed by atoms with van der Waals surface area (Å²) in [5.74, 6) is -1.55. The maximum absolute atomic E-state index is 15.7. The fraction of sp³-hybridized carbons (Fsp3) is 0.367. The van der Waals surface area contributed by atoms with Crippen molar-refractivity contribution in [2.24, 2.45) is 0 Å². The number of hydrogen-bond donors (Lipinski definition) is 2. The van der Waals surface area contributed by atoms with Gasteiger partial charge in [0, 0.05) is 49.9 Å². The number of fused-ring (bicyclic) bond motifs is 5. The number of alkyl halides is 3. The Morgan fingerprint density at radius 2 is 1.71 bits per heavy atom. The van der Waals surface area contributed by atoms with Crippen LogP contribution in [0, 0.1) is 5.82 Å². The van der Waals surface area contributed by atoms with Crippen molar-refractivity contribution in [3.8, 4) is 17.1 Å². The zero-order chi connectivity index (χ0) is 32.4. The number of ether oxygens (including phenoxy) is 1. The Bertz CT molecular complexity index is 1930. The normalized spacial score (nSPS) is 16.7. The van der Waals surface area contributed by atoms with Gasteiger partial charge >= 0.3 is 6.18 Å². The minimum Gasteiger partial charge on any atom is -0.486 e. The van der Waals surface area contributed by atoms with E-state index in [4.69, 9.17) is 33.7 Å². The van der Waals surface area contributed by atoms with Crippen molar-refractivity contribution >= 4 is 45.5 Å². The number of pyridine rings is 3. The third-order valence-electron chi connectivity index (χ3n) is 8.36. The molecule has 45 heavy (non-hydrogen) atoms. The van der Waals surface area contributed by atoms with Gasteiger partial charge in [-0.3, -0.25) is 23.7 Å². The van der Waals surface area contributed by atoms with E-state index < -0.39 is 50.7 Å². The highest BCUT2D eigenvalue weighted by Crippen LogP contribution is 2.43. The van der Waals surface area contributed by atoms with Gasteiger partial charge in [0.25, 0.3) is 11.1 Å². The fourth-order valence-corrected chi connectivity index (χ4v) is 6.71. The molecule has 238 valence electrons. The lowest BCUT2D eigenvalue weighted by molar-refractivity contribution is -0.142. The van der Waals surface area contributed by atoms with Crippen LogP contribution in [0.15, 0.2) is 34.1 Å². The van der Waals surface area contributed by atoms with Crippen LogP contribution < -0.4 is 31.8 Å². The zero-order valence-electron chi connectivity index (χ0n) is 24.2. The second-order valence-corrected chi connectivity index (χ2v) is 11.7. The molecular weight excluding hydrogens is 639 g/mol. The summed E-state index contributed by atoms with van der Waals surface area (Å²) in [6, 6.07) is 1.45. The van der Waals surface area contributed by atoms with Crippen LogP contribution in [0.25, 0.3) is 22.3 Å². The van der Waals surface area contributed by atoms with Gasteiger partial charge in [-0.1, -0.05) is 37.0 Å². The van der Waals surface area contributed by atoms with Crippen LogP contribution in [-0.4, -0.2) is 46.4 Å². The summed E-state index contributed by atoms with van der Waals surface area (Å²) in [4.78, 5) is 35.4. The molecule has 2 aliphatic heterocycles. The van der Waals surface area contributed by atoms with Crippen molar-refractivity contribution in [1.29, 1.82) is 0 Å². The van der Waals surface area contributed by atoms with E-state index in [0.717, 1.165) is 16.7 Å². The summed E-state index contributed by atoms with van der Waals surface area (Å²) in [7, 11) is 0. The summed E-state index contributed by atoms with van der Waals surface area (Å²) in [6.07, 6.45) is -0.900. The smallest absolute Gasteiger partial charge is 0.431 e. The Hall–Kier alpha value is -3.81. The fourth-order valence-electron chi connectivity index (χ4n) is 6.26. The summed E-state index contributed by atoms with van der Waals surface area (Å²) >= 11 is 12.1. The van der Waals surface area contributed by atoms with E-state index in [9.17, 15) is 22.8 Å². The predicted molar refractivity (Wildman–Crippen MR) is 165 cm³/mol. The molecule has 0 bridgehead atoms. The van der Waals surface area contributed by atoms with Gasteiger partial charge in [0.1, 0.15) is 16.9 Å². The molecule has 4 aromatic rings. The second kappa shape index (κ2) is 11.5. The average molecular weight is 667 g/mol. The number of nitrogen functional groups attached to an aromatic ring is 1. The van der Waals surface area contributed by atoms with E-state index in [-0.39, 0.29) is 39.1 Å². The minimum absolute atomic E-state index is 0.0766. The van der Waals surface area contributed by atoms with E-state index >= 15 is 4.39 Å². The molecular formula is C30H28Cl2F4N6O3. The van der Waals surface area contributed by atoms with Crippen molar-refractivity contribution in [3.05, 3.63) is 77.9 Å². The van der Waals surface area contributed by atoms with Crippen molar-refractivity contribution in [2.45, 2.75) is 45.3 Å². The number of nitrogens with one attached hydrogen (secondary N) is 1. The summed E-state index contributed by atoms with van der Waals surface area (Å²) in [5.41, 5.74) is 1.88. The quantitative estimate of drug-likeness (QED) is 0.174. The Labute approximate surface area is 264 Å². The van der Waals surface area contributed by atoms with E-state index in [1.807, 2.05) is 18.7 Å². The van der Waals surface area contributed by atoms with Crippen LogP contribution in [0.4, 0.5) is 28.9 Å². The van der Waals surface area contributed by atoms with Crippen molar-refractivity contribution < 1.29 is 22.3 Å². The lowest BCUT2D eigenvalue weighted by atomic mass is 10.0. The van der Waals surface area contributed by atoms with Crippen LogP contribution in [0.1, 0.15) is 37.1 Å². The molecule has 3 aromatic heterocycles. The number of nitrogens with zero attached hydrogens (tertiary/aromatic N) is 4. The molecule has 1 fully saturated rings. The Kier molecular flexibility index (Phi) is 7.99. The molecule has 0 saturated carbocycles. The third kappa shape index (κ3) is 4.92. The number of piperazine rings is 1. The Morgan fingerprint density at radius 1 is 1.02 bits per heavy atom. The highest BCUT2D eigenvalue weighted by Gasteiger charge is 2.41. The molecule has 5 heterocycles. The number of aryl methyl sites for hydroxylation is 2. The number of anilines is 2. The van der Waals surface area contributed by atoms with Gasteiger partial charge < -0.3 is 20.7 Å². The van der Waals surface area contributed by atoms with E-state index in [1.54, 1.807) is 0 Å².